The summed E-state index contributed by atoms with van der Waals surface area (Å²) in [7, 11) is -3.79. The first-order valence-corrected chi connectivity index (χ1v) is 13.0. The molecule has 2 N–H and O–H groups in total. The van der Waals surface area contributed by atoms with E-state index in [1.54, 1.807) is 6.07 Å². The van der Waals surface area contributed by atoms with Crippen LogP contribution in [0.4, 0.5) is 0 Å². The number of benzene rings is 2. The van der Waals surface area contributed by atoms with Crippen LogP contribution in [0.15, 0.2) is 53.4 Å². The van der Waals surface area contributed by atoms with Crippen LogP contribution < -0.4 is 19.5 Å². The number of amides is 1. The quantitative estimate of drug-likeness (QED) is 0.469. The molecular formula is C25H30N4O5S. The number of sulfonamides is 1. The molecule has 2 aromatic carbocycles. The highest BCUT2D eigenvalue weighted by Crippen LogP contribution is 2.31. The minimum absolute atomic E-state index is 0.0139. The second kappa shape index (κ2) is 10.9. The summed E-state index contributed by atoms with van der Waals surface area (Å²) >= 11 is 0. The topological polar surface area (TPSA) is 112 Å². The van der Waals surface area contributed by atoms with Crippen molar-refractivity contribution in [3.63, 3.8) is 0 Å². The van der Waals surface area contributed by atoms with Gasteiger partial charge in [-0.05, 0) is 31.5 Å². The summed E-state index contributed by atoms with van der Waals surface area (Å²) in [6.45, 7) is 5.86. The monoisotopic (exact) mass is 498 g/mol. The first-order chi connectivity index (χ1) is 16.8. The van der Waals surface area contributed by atoms with Crippen molar-refractivity contribution in [2.45, 2.75) is 44.7 Å². The molecule has 0 saturated carbocycles. The van der Waals surface area contributed by atoms with Crippen molar-refractivity contribution in [3.05, 3.63) is 71.0 Å². The number of fused-ring (bicyclic) bond motifs is 1. The van der Waals surface area contributed by atoms with Crippen molar-refractivity contribution in [1.29, 1.82) is 0 Å². The van der Waals surface area contributed by atoms with Crippen molar-refractivity contribution in [2.24, 2.45) is 0 Å². The van der Waals surface area contributed by atoms with E-state index in [9.17, 15) is 13.2 Å². The van der Waals surface area contributed by atoms with Gasteiger partial charge in [-0.2, -0.15) is 5.10 Å². The summed E-state index contributed by atoms with van der Waals surface area (Å²) in [5.41, 5.74) is 3.95. The lowest BCUT2D eigenvalue weighted by atomic mass is 10.2. The zero-order valence-electron chi connectivity index (χ0n) is 19.9. The molecule has 10 heteroatoms. The smallest absolute Gasteiger partial charge is 0.240 e. The second-order valence-electron chi connectivity index (χ2n) is 8.38. The van der Waals surface area contributed by atoms with Gasteiger partial charge in [-0.25, -0.2) is 13.1 Å². The van der Waals surface area contributed by atoms with Gasteiger partial charge in [0.2, 0.25) is 15.9 Å². The fourth-order valence-corrected chi connectivity index (χ4v) is 4.92. The minimum atomic E-state index is -3.79. The molecule has 0 aliphatic carbocycles. The third-order valence-electron chi connectivity index (χ3n) is 5.84. The number of ether oxygens (including phenoxy) is 2. The Kier molecular flexibility index (Phi) is 7.72. The SMILES string of the molecule is Cc1nn(Cc2ccccc2)c(C)c1CNC(=O)CCNS(=O)(=O)c1ccc2c(c1)OCCCO2. The maximum absolute atomic E-state index is 12.7. The summed E-state index contributed by atoms with van der Waals surface area (Å²) in [5, 5.41) is 7.47. The number of hydrogen-bond donors (Lipinski definition) is 2. The van der Waals surface area contributed by atoms with Gasteiger partial charge < -0.3 is 14.8 Å². The summed E-state index contributed by atoms with van der Waals surface area (Å²) < 4.78 is 40.8. The van der Waals surface area contributed by atoms with E-state index in [2.05, 4.69) is 15.1 Å². The van der Waals surface area contributed by atoms with Gasteiger partial charge in [-0.15, -0.1) is 0 Å². The molecule has 9 nitrogen and oxygen atoms in total. The van der Waals surface area contributed by atoms with E-state index in [1.165, 1.54) is 12.1 Å². The van der Waals surface area contributed by atoms with Gasteiger partial charge in [0.1, 0.15) is 0 Å². The molecule has 1 aliphatic rings. The summed E-state index contributed by atoms with van der Waals surface area (Å²) in [6.07, 6.45) is 0.747. The molecule has 2 heterocycles. The predicted octanol–water partition coefficient (Wildman–Crippen LogP) is 2.69. The van der Waals surface area contributed by atoms with Crippen LogP contribution in [0.3, 0.4) is 0 Å². The Bertz CT molecular complexity index is 1290. The second-order valence-corrected chi connectivity index (χ2v) is 10.1. The summed E-state index contributed by atoms with van der Waals surface area (Å²) in [5.74, 6) is 0.682. The van der Waals surface area contributed by atoms with E-state index in [4.69, 9.17) is 9.47 Å². The maximum Gasteiger partial charge on any atom is 0.240 e. The number of nitrogens with one attached hydrogen (secondary N) is 2. The van der Waals surface area contributed by atoms with E-state index >= 15 is 0 Å². The zero-order chi connectivity index (χ0) is 24.8. The Morgan fingerprint density at radius 2 is 1.80 bits per heavy atom. The number of carbonyl (C=O) groups is 1. The van der Waals surface area contributed by atoms with Gasteiger partial charge in [-0.1, -0.05) is 30.3 Å². The Labute approximate surface area is 205 Å². The summed E-state index contributed by atoms with van der Waals surface area (Å²) in [4.78, 5) is 12.4. The van der Waals surface area contributed by atoms with E-state index in [1.807, 2.05) is 48.9 Å². The van der Waals surface area contributed by atoms with Gasteiger partial charge in [0, 0.05) is 43.3 Å². The number of rotatable bonds is 9. The van der Waals surface area contributed by atoms with Crippen LogP contribution in [-0.4, -0.2) is 43.9 Å². The molecule has 35 heavy (non-hydrogen) atoms. The molecular weight excluding hydrogens is 468 g/mol. The molecule has 0 unspecified atom stereocenters. The van der Waals surface area contributed by atoms with E-state index in [-0.39, 0.29) is 23.8 Å². The highest BCUT2D eigenvalue weighted by Gasteiger charge is 2.19. The number of aryl methyl sites for hydroxylation is 1. The Balaban J connectivity index is 1.29. The average Bonchev–Trinajstić information content (AvgIpc) is 2.99. The van der Waals surface area contributed by atoms with Gasteiger partial charge >= 0.3 is 0 Å². The number of aromatic nitrogens is 2. The maximum atomic E-state index is 12.7. The van der Waals surface area contributed by atoms with Gasteiger partial charge in [0.25, 0.3) is 0 Å². The predicted molar refractivity (Wildman–Crippen MR) is 131 cm³/mol. The molecule has 4 rings (SSSR count). The van der Waals surface area contributed by atoms with E-state index < -0.39 is 10.0 Å². The molecule has 3 aromatic rings. The number of hydrogen-bond acceptors (Lipinski definition) is 6. The molecule has 1 aliphatic heterocycles. The molecule has 0 saturated heterocycles. The fourth-order valence-electron chi connectivity index (χ4n) is 3.87. The molecule has 0 atom stereocenters. The summed E-state index contributed by atoms with van der Waals surface area (Å²) in [6, 6.07) is 14.6. The Morgan fingerprint density at radius 3 is 2.57 bits per heavy atom. The van der Waals surface area contributed by atoms with Crippen LogP contribution in [0.25, 0.3) is 0 Å². The van der Waals surface area contributed by atoms with Crippen molar-refractivity contribution in [1.82, 2.24) is 19.8 Å². The first kappa shape index (κ1) is 24.7. The lowest BCUT2D eigenvalue weighted by molar-refractivity contribution is -0.121. The lowest BCUT2D eigenvalue weighted by Crippen LogP contribution is -2.30. The third-order valence-corrected chi connectivity index (χ3v) is 7.30. The third kappa shape index (κ3) is 6.20. The van der Waals surface area contributed by atoms with Crippen LogP contribution in [0.5, 0.6) is 11.5 Å². The van der Waals surface area contributed by atoms with Crippen LogP contribution >= 0.6 is 0 Å². The Morgan fingerprint density at radius 1 is 1.06 bits per heavy atom. The largest absolute Gasteiger partial charge is 0.490 e. The molecule has 0 spiro atoms. The van der Waals surface area contributed by atoms with Crippen LogP contribution in [0.2, 0.25) is 0 Å². The normalized spacial score (nSPS) is 13.3. The molecule has 186 valence electrons. The lowest BCUT2D eigenvalue weighted by Gasteiger charge is -2.11. The first-order valence-electron chi connectivity index (χ1n) is 11.6. The molecule has 1 aromatic heterocycles. The van der Waals surface area contributed by atoms with Crippen molar-refractivity contribution >= 4 is 15.9 Å². The highest BCUT2D eigenvalue weighted by molar-refractivity contribution is 7.89. The minimum Gasteiger partial charge on any atom is -0.490 e. The van der Waals surface area contributed by atoms with Gasteiger partial charge in [0.15, 0.2) is 11.5 Å². The van der Waals surface area contributed by atoms with E-state index in [0.717, 1.165) is 28.9 Å². The molecule has 0 bridgehead atoms. The molecule has 1 amide bonds. The van der Waals surface area contributed by atoms with Crippen molar-refractivity contribution in [2.75, 3.05) is 19.8 Å². The standard InChI is InChI=1S/C25H30N4O5S/c1-18-22(19(2)29(28-18)17-20-7-4-3-5-8-20)16-26-25(30)11-12-27-35(31,32)21-9-10-23-24(15-21)34-14-6-13-33-23/h3-5,7-10,15,27H,6,11-14,16-17H2,1-2H3,(H,26,30). The van der Waals surface area contributed by atoms with Gasteiger partial charge in [-0.3, -0.25) is 9.48 Å². The van der Waals surface area contributed by atoms with Crippen LogP contribution in [0, 0.1) is 13.8 Å². The van der Waals surface area contributed by atoms with Crippen molar-refractivity contribution in [3.8, 4) is 11.5 Å². The fraction of sp³-hybridized carbons (Fsp3) is 0.360. The Hall–Kier alpha value is -3.37. The average molecular weight is 499 g/mol. The molecule has 0 fully saturated rings. The van der Waals surface area contributed by atoms with E-state index in [0.29, 0.717) is 37.8 Å². The highest BCUT2D eigenvalue weighted by atomic mass is 32.2. The van der Waals surface area contributed by atoms with Crippen LogP contribution in [-0.2, 0) is 27.9 Å². The number of nitrogens with zero attached hydrogens (tertiary/aromatic N) is 2. The molecule has 0 radical (unpaired) electrons. The van der Waals surface area contributed by atoms with Crippen LogP contribution in [0.1, 0.15) is 35.4 Å². The van der Waals surface area contributed by atoms with Gasteiger partial charge in [0.05, 0.1) is 30.3 Å². The van der Waals surface area contributed by atoms with Crippen molar-refractivity contribution < 1.29 is 22.7 Å². The zero-order valence-corrected chi connectivity index (χ0v) is 20.7. The number of carbonyl (C=O) groups excluding carboxylic acids is 1.